The fourth-order valence-corrected chi connectivity index (χ4v) is 7.46. The largest absolute Gasteiger partial charge is 0.310 e. The van der Waals surface area contributed by atoms with Gasteiger partial charge in [-0.2, -0.15) is 0 Å². The highest BCUT2D eigenvalue weighted by Gasteiger charge is 2.21. The highest BCUT2D eigenvalue weighted by Crippen LogP contribution is 2.42. The molecule has 0 atom stereocenters. The lowest BCUT2D eigenvalue weighted by Crippen LogP contribution is -2.15. The molecule has 0 saturated carbocycles. The van der Waals surface area contributed by atoms with E-state index in [-0.39, 0.29) is 125 Å². The quantitative estimate of drug-likeness (QED) is 0.168. The molecule has 276 valence electrons. The van der Waals surface area contributed by atoms with Gasteiger partial charge in [-0.25, -0.2) is 0 Å². The van der Waals surface area contributed by atoms with Crippen LogP contribution >= 0.6 is 0 Å². The molecule has 2 heteroatoms. The standard InChI is InChI=1S/C54H50N2/c1-35-15-9-11-21-51(35)55(43-19-13-17-41(33-43)53(3,4)5)45-25-23-37-29-47-48-30-38-24-26-46(28-40(38)32-50(48)49(47)31-39(37)27-45)56(52-22-12-10-16-36(52)2)44-20-14-18-42(34-44)54(6,7)8/h9-34H,1-8H3/i23D,24D,25D,26D,27D,28D,29D,30D,31D,32D. The van der Waals surface area contributed by atoms with Gasteiger partial charge in [-0.1, -0.05) is 114 Å². The van der Waals surface area contributed by atoms with Crippen LogP contribution in [0, 0.1) is 34.7 Å². The Morgan fingerprint density at radius 1 is 0.393 bits per heavy atom. The Kier molecular flexibility index (Phi) is 6.13. The molecule has 0 heterocycles. The minimum absolute atomic E-state index is 0.0316. The Bertz CT molecular complexity index is 3370. The van der Waals surface area contributed by atoms with Crippen molar-refractivity contribution in [3.63, 3.8) is 0 Å². The second-order valence-corrected chi connectivity index (χ2v) is 16.8. The molecule has 0 radical (unpaired) electrons. The third-order valence-electron chi connectivity index (χ3n) is 10.7. The molecule has 2 nitrogen and oxygen atoms in total. The van der Waals surface area contributed by atoms with Crippen LogP contribution in [0.2, 0.25) is 0 Å². The number of anilines is 6. The first-order chi connectivity index (χ1) is 31.1. The number of benzene rings is 8. The van der Waals surface area contributed by atoms with Crippen LogP contribution in [-0.4, -0.2) is 0 Å². The van der Waals surface area contributed by atoms with Gasteiger partial charge in [0.05, 0.1) is 13.7 Å². The van der Waals surface area contributed by atoms with Crippen LogP contribution in [0.25, 0.3) is 21.5 Å². The summed E-state index contributed by atoms with van der Waals surface area (Å²) in [6.07, 6.45) is 0. The first-order valence-corrected chi connectivity index (χ1v) is 19.1. The van der Waals surface area contributed by atoms with Gasteiger partial charge in [-0.3, -0.25) is 0 Å². The molecule has 0 N–H and O–H groups in total. The molecule has 56 heavy (non-hydrogen) atoms. The van der Waals surface area contributed by atoms with Crippen molar-refractivity contribution in [2.24, 2.45) is 0 Å². The van der Waals surface area contributed by atoms with Crippen LogP contribution in [0.3, 0.4) is 0 Å². The summed E-state index contributed by atoms with van der Waals surface area (Å²) in [5.41, 5.74) is 6.09. The first-order valence-electron chi connectivity index (χ1n) is 24.1. The van der Waals surface area contributed by atoms with E-state index in [2.05, 4.69) is 41.5 Å². The minimum atomic E-state index is -0.353. The van der Waals surface area contributed by atoms with Crippen LogP contribution < -0.4 is 9.80 Å². The molecule has 1 aliphatic rings. The third kappa shape index (κ3) is 6.24. The number of hydrogen-bond acceptors (Lipinski definition) is 2. The van der Waals surface area contributed by atoms with E-state index >= 15 is 0 Å². The second-order valence-electron chi connectivity index (χ2n) is 16.8. The fraction of sp³-hybridized carbons (Fsp3) is 0.185. The van der Waals surface area contributed by atoms with Crippen LogP contribution in [0.5, 0.6) is 0 Å². The van der Waals surface area contributed by atoms with E-state index in [9.17, 15) is 13.7 Å². The normalized spacial score (nSPS) is 14.8. The smallest absolute Gasteiger partial charge is 0.0651 e. The van der Waals surface area contributed by atoms with Gasteiger partial charge in [0.1, 0.15) is 0 Å². The highest BCUT2D eigenvalue weighted by molar-refractivity contribution is 5.92. The van der Waals surface area contributed by atoms with Gasteiger partial charge in [0.2, 0.25) is 0 Å². The van der Waals surface area contributed by atoms with Crippen molar-refractivity contribution in [1.29, 1.82) is 0 Å². The molecule has 0 saturated heterocycles. The van der Waals surface area contributed by atoms with Crippen LogP contribution in [0.15, 0.2) is 157 Å². The summed E-state index contributed by atoms with van der Waals surface area (Å²) < 4.78 is 96.6. The lowest BCUT2D eigenvalue weighted by molar-refractivity contribution is 0.590. The summed E-state index contributed by atoms with van der Waals surface area (Å²) in [5, 5.41) is 0.305. The van der Waals surface area contributed by atoms with E-state index in [1.165, 1.54) is 0 Å². The van der Waals surface area contributed by atoms with Crippen molar-refractivity contribution in [3.05, 3.63) is 201 Å². The van der Waals surface area contributed by atoms with Crippen LogP contribution in [-0.2, 0) is 10.8 Å². The Hall–Kier alpha value is -6.12. The fourth-order valence-electron chi connectivity index (χ4n) is 7.46. The first kappa shape index (κ1) is 25.9. The maximum atomic E-state index is 9.87. The minimum Gasteiger partial charge on any atom is -0.310 e. The Labute approximate surface area is 345 Å². The van der Waals surface area contributed by atoms with Gasteiger partial charge < -0.3 is 9.80 Å². The van der Waals surface area contributed by atoms with Gasteiger partial charge in [0.15, 0.2) is 0 Å². The molecule has 0 aliphatic heterocycles. The zero-order chi connectivity index (χ0) is 47.6. The van der Waals surface area contributed by atoms with E-state index in [4.69, 9.17) is 0 Å². The van der Waals surface area contributed by atoms with E-state index in [0.717, 1.165) is 22.3 Å². The highest BCUT2D eigenvalue weighted by atomic mass is 15.1. The Balaban J connectivity index is 1.39. The van der Waals surface area contributed by atoms with Crippen molar-refractivity contribution in [3.8, 4) is 0 Å². The van der Waals surface area contributed by atoms with Crippen molar-refractivity contribution in [1.82, 2.24) is 0 Å². The molecule has 0 spiro atoms. The number of para-hydroxylation sites is 2. The summed E-state index contributed by atoms with van der Waals surface area (Å²) >= 11 is 0. The number of fused-ring (bicyclic) bond motifs is 4. The van der Waals surface area contributed by atoms with Gasteiger partial charge >= 0.3 is 0 Å². The van der Waals surface area contributed by atoms with Crippen molar-refractivity contribution >= 4 is 55.7 Å². The zero-order valence-corrected chi connectivity index (χ0v) is 33.1. The summed E-state index contributed by atoms with van der Waals surface area (Å²) in [5.74, 6) is 0. The van der Waals surface area contributed by atoms with Crippen LogP contribution in [0.1, 0.15) is 77.5 Å². The molecular weight excluding hydrogens is 677 g/mol. The van der Waals surface area contributed by atoms with Crippen LogP contribution in [0.4, 0.5) is 34.1 Å². The summed E-state index contributed by atoms with van der Waals surface area (Å²) in [7, 11) is 0. The van der Waals surface area contributed by atoms with Gasteiger partial charge in [0, 0.05) is 34.1 Å². The average Bonchev–Trinajstić information content (AvgIpc) is 3.25. The third-order valence-corrected chi connectivity index (χ3v) is 10.7. The molecule has 0 bridgehead atoms. The summed E-state index contributed by atoms with van der Waals surface area (Å²) in [4.78, 5) is 3.57. The summed E-state index contributed by atoms with van der Waals surface area (Å²) in [6, 6.07) is 28.2. The number of nitrogens with zero attached hydrogens (tertiary/aromatic N) is 2. The monoisotopic (exact) mass is 736 g/mol. The molecule has 0 amide bonds. The number of hydrogen-bond donors (Lipinski definition) is 0. The molecule has 0 fully saturated rings. The average molecular weight is 737 g/mol. The van der Waals surface area contributed by atoms with Crippen molar-refractivity contribution in [2.45, 2.75) is 66.2 Å². The Morgan fingerprint density at radius 2 is 0.768 bits per heavy atom. The molecule has 1 aliphatic carbocycles. The maximum Gasteiger partial charge on any atom is 0.0651 e. The molecular formula is C54H50N2. The van der Waals surface area contributed by atoms with Gasteiger partial charge in [-0.15, -0.1) is 0 Å². The van der Waals surface area contributed by atoms with Gasteiger partial charge in [0.25, 0.3) is 0 Å². The predicted molar refractivity (Wildman–Crippen MR) is 239 cm³/mol. The van der Waals surface area contributed by atoms with Crippen molar-refractivity contribution in [2.75, 3.05) is 9.80 Å². The predicted octanol–water partition coefficient (Wildman–Crippen LogP) is 15.0. The lowest BCUT2D eigenvalue weighted by atomic mass is 9.86. The molecule has 0 unspecified atom stereocenters. The topological polar surface area (TPSA) is 6.48 Å². The SMILES string of the molecule is [2H]c1c(N(c2cccc(C(C)(C)C)c2)c2ccccc2C)c([2H])c2c([2H])c3c(c([2H])c2c1[2H])=c1c([2H])c2c([2H])c([2H])c(N(c4cccc(C(C)(C)C)c4)c4ccccc4C)c([2H])c2c([2H])c1=3. The molecule has 0 aromatic heterocycles. The number of rotatable bonds is 6. The Morgan fingerprint density at radius 3 is 1.14 bits per heavy atom. The number of aryl methyl sites for hydroxylation is 2. The molecule has 8 aromatic carbocycles. The zero-order valence-electron chi connectivity index (χ0n) is 43.1. The summed E-state index contributed by atoms with van der Waals surface area (Å²) in [6.45, 7) is 16.5. The molecule has 9 rings (SSSR count). The van der Waals surface area contributed by atoms with E-state index < -0.39 is 0 Å². The van der Waals surface area contributed by atoms with E-state index in [0.29, 0.717) is 22.7 Å². The van der Waals surface area contributed by atoms with Crippen molar-refractivity contribution < 1.29 is 13.7 Å². The lowest BCUT2D eigenvalue weighted by Gasteiger charge is -2.29. The maximum absolute atomic E-state index is 9.87. The molecule has 8 aromatic rings. The van der Waals surface area contributed by atoms with E-state index in [1.807, 2.05) is 111 Å². The van der Waals surface area contributed by atoms with Gasteiger partial charge in [-0.05, 0) is 174 Å². The van der Waals surface area contributed by atoms with E-state index in [1.54, 1.807) is 9.80 Å². The second kappa shape index (κ2) is 13.3.